The molecular weight excluding hydrogens is 314 g/mol. The average molecular weight is 345 g/mol. The number of unbranched alkanes of at least 4 members (excludes halogenated alkanes) is 3. The minimum Gasteiger partial charge on any atom is -0.493 e. The highest BCUT2D eigenvalue weighted by Gasteiger charge is 2.36. The minimum absolute atomic E-state index is 0.223. The van der Waals surface area contributed by atoms with E-state index in [-0.39, 0.29) is 6.10 Å². The first kappa shape index (κ1) is 18.1. The van der Waals surface area contributed by atoms with Crippen molar-refractivity contribution >= 4 is 5.96 Å². The zero-order valence-electron chi connectivity index (χ0n) is 15.5. The molecular formula is C20H31N3O2. The van der Waals surface area contributed by atoms with Crippen molar-refractivity contribution in [3.05, 3.63) is 29.3 Å². The van der Waals surface area contributed by atoms with Gasteiger partial charge in [0.05, 0.1) is 25.3 Å². The molecule has 0 amide bonds. The van der Waals surface area contributed by atoms with Crippen molar-refractivity contribution in [3.8, 4) is 5.75 Å². The number of aliphatic imine (C=N–C) groups is 1. The summed E-state index contributed by atoms with van der Waals surface area (Å²) in [4.78, 5) is 6.79. The van der Waals surface area contributed by atoms with E-state index in [1.165, 1.54) is 24.8 Å². The molecule has 0 radical (unpaired) electrons. The molecule has 1 aromatic rings. The molecule has 0 unspecified atom stereocenters. The van der Waals surface area contributed by atoms with Crippen LogP contribution in [0.25, 0.3) is 0 Å². The van der Waals surface area contributed by atoms with Crippen molar-refractivity contribution in [2.75, 3.05) is 19.7 Å². The van der Waals surface area contributed by atoms with Crippen LogP contribution >= 0.6 is 0 Å². The molecule has 1 fully saturated rings. The Kier molecular flexibility index (Phi) is 6.19. The highest BCUT2D eigenvalue weighted by Crippen LogP contribution is 2.24. The number of rotatable bonds is 8. The van der Waals surface area contributed by atoms with Crippen LogP contribution in [0, 0.1) is 6.92 Å². The molecule has 0 bridgehead atoms. The summed E-state index contributed by atoms with van der Waals surface area (Å²) in [6.07, 6.45) is 5.45. The summed E-state index contributed by atoms with van der Waals surface area (Å²) < 4.78 is 6.05. The number of aryl methyl sites for hydroxylation is 1. The van der Waals surface area contributed by atoms with E-state index in [1.54, 1.807) is 0 Å². The highest BCUT2D eigenvalue weighted by molar-refractivity contribution is 5.82. The van der Waals surface area contributed by atoms with Crippen LogP contribution in [0.4, 0.5) is 0 Å². The summed E-state index contributed by atoms with van der Waals surface area (Å²) in [5, 5.41) is 13.3. The summed E-state index contributed by atoms with van der Waals surface area (Å²) in [5.74, 6) is 1.89. The fourth-order valence-electron chi connectivity index (χ4n) is 3.59. The van der Waals surface area contributed by atoms with Crippen molar-refractivity contribution < 1.29 is 9.84 Å². The molecule has 0 spiro atoms. The summed E-state index contributed by atoms with van der Waals surface area (Å²) in [6, 6.07) is 6.75. The van der Waals surface area contributed by atoms with E-state index < -0.39 is 0 Å². The Morgan fingerprint density at radius 2 is 2.20 bits per heavy atom. The second-order valence-electron chi connectivity index (χ2n) is 7.23. The number of hydrogen-bond donors (Lipinski definition) is 2. The quantitative estimate of drug-likeness (QED) is 0.712. The fraction of sp³-hybridized carbons (Fsp3) is 0.650. The molecule has 138 valence electrons. The van der Waals surface area contributed by atoms with E-state index in [4.69, 9.17) is 4.74 Å². The molecule has 0 saturated carbocycles. The van der Waals surface area contributed by atoms with Crippen LogP contribution in [-0.2, 0) is 6.54 Å². The molecule has 5 nitrogen and oxygen atoms in total. The lowest BCUT2D eigenvalue weighted by atomic mass is 10.1. The lowest BCUT2D eigenvalue weighted by Crippen LogP contribution is -2.40. The number of nitrogens with one attached hydrogen (secondary N) is 1. The standard InChI is InChI=1S/C20H31N3O2/c1-3-4-5-6-9-25-19-10-15(2)7-8-16(19)12-21-20-22-13-17-11-18(24)14-23(17)20/h7-8,10,17-18,24H,3-6,9,11-14H2,1-2H3,(H,21,22)/t17-,18-/m1/s1. The molecule has 3 rings (SSSR count). The van der Waals surface area contributed by atoms with Crippen molar-refractivity contribution in [1.29, 1.82) is 0 Å². The maximum atomic E-state index is 9.83. The topological polar surface area (TPSA) is 57.1 Å². The summed E-state index contributed by atoms with van der Waals surface area (Å²) in [7, 11) is 0. The van der Waals surface area contributed by atoms with Gasteiger partial charge in [-0.15, -0.1) is 0 Å². The first-order chi connectivity index (χ1) is 12.2. The molecule has 0 aliphatic carbocycles. The number of nitrogens with zero attached hydrogens (tertiary/aromatic N) is 2. The van der Waals surface area contributed by atoms with Crippen LogP contribution in [0.15, 0.2) is 23.2 Å². The number of benzene rings is 1. The molecule has 1 saturated heterocycles. The monoisotopic (exact) mass is 345 g/mol. The Labute approximate surface area is 151 Å². The number of ether oxygens (including phenoxy) is 1. The van der Waals surface area contributed by atoms with Crippen LogP contribution in [0.5, 0.6) is 5.75 Å². The van der Waals surface area contributed by atoms with Crippen LogP contribution in [0.3, 0.4) is 0 Å². The second kappa shape index (κ2) is 8.56. The van der Waals surface area contributed by atoms with E-state index in [0.29, 0.717) is 19.1 Å². The minimum atomic E-state index is -0.223. The van der Waals surface area contributed by atoms with Gasteiger partial charge in [-0.1, -0.05) is 38.3 Å². The molecule has 2 N–H and O–H groups in total. The van der Waals surface area contributed by atoms with Gasteiger partial charge >= 0.3 is 0 Å². The van der Waals surface area contributed by atoms with Gasteiger partial charge in [-0.3, -0.25) is 4.99 Å². The third-order valence-corrected chi connectivity index (χ3v) is 5.03. The number of aliphatic hydroxyl groups excluding tert-OH is 1. The first-order valence-electron chi connectivity index (χ1n) is 9.62. The van der Waals surface area contributed by atoms with E-state index in [2.05, 4.69) is 47.3 Å². The van der Waals surface area contributed by atoms with Crippen LogP contribution < -0.4 is 10.1 Å². The molecule has 2 atom stereocenters. The van der Waals surface area contributed by atoms with Crippen molar-refractivity contribution in [2.45, 2.75) is 64.6 Å². The Morgan fingerprint density at radius 1 is 1.32 bits per heavy atom. The number of aliphatic hydroxyl groups is 1. The summed E-state index contributed by atoms with van der Waals surface area (Å²) in [6.45, 7) is 7.26. The molecule has 0 aromatic heterocycles. The molecule has 1 aromatic carbocycles. The molecule has 2 heterocycles. The smallest absolute Gasteiger partial charge is 0.194 e. The summed E-state index contributed by atoms with van der Waals surface area (Å²) in [5.41, 5.74) is 2.38. The van der Waals surface area contributed by atoms with E-state index in [9.17, 15) is 5.11 Å². The average Bonchev–Trinajstić information content (AvgIpc) is 3.13. The molecule has 2 aliphatic heterocycles. The van der Waals surface area contributed by atoms with Gasteiger partial charge in [-0.2, -0.15) is 0 Å². The van der Waals surface area contributed by atoms with Gasteiger partial charge in [0.25, 0.3) is 0 Å². The predicted molar refractivity (Wildman–Crippen MR) is 101 cm³/mol. The highest BCUT2D eigenvalue weighted by atomic mass is 16.5. The second-order valence-corrected chi connectivity index (χ2v) is 7.23. The zero-order valence-corrected chi connectivity index (χ0v) is 15.5. The zero-order chi connectivity index (χ0) is 17.6. The normalized spacial score (nSPS) is 22.0. The van der Waals surface area contributed by atoms with Gasteiger partial charge in [-0.05, 0) is 31.4 Å². The number of guanidine groups is 1. The van der Waals surface area contributed by atoms with Crippen LogP contribution in [0.1, 0.15) is 50.2 Å². The Bertz CT molecular complexity index is 603. The van der Waals surface area contributed by atoms with Gasteiger partial charge in [0.15, 0.2) is 5.96 Å². The Balaban J connectivity index is 1.55. The fourth-order valence-corrected chi connectivity index (χ4v) is 3.59. The van der Waals surface area contributed by atoms with Crippen molar-refractivity contribution in [1.82, 2.24) is 10.2 Å². The Morgan fingerprint density at radius 3 is 3.04 bits per heavy atom. The van der Waals surface area contributed by atoms with Crippen LogP contribution in [-0.4, -0.2) is 47.8 Å². The van der Waals surface area contributed by atoms with Gasteiger partial charge < -0.3 is 20.1 Å². The number of hydrogen-bond acceptors (Lipinski definition) is 5. The maximum Gasteiger partial charge on any atom is 0.194 e. The molecule has 25 heavy (non-hydrogen) atoms. The van der Waals surface area contributed by atoms with E-state index in [1.807, 2.05) is 0 Å². The SMILES string of the molecule is CCCCCCOc1cc(C)ccc1CNC1=NC[C@H]2C[C@@H](O)CN12. The van der Waals surface area contributed by atoms with Gasteiger partial charge in [0, 0.05) is 18.7 Å². The van der Waals surface area contributed by atoms with Crippen molar-refractivity contribution in [2.24, 2.45) is 4.99 Å². The summed E-state index contributed by atoms with van der Waals surface area (Å²) >= 11 is 0. The largest absolute Gasteiger partial charge is 0.493 e. The third-order valence-electron chi connectivity index (χ3n) is 5.03. The van der Waals surface area contributed by atoms with E-state index in [0.717, 1.165) is 43.3 Å². The van der Waals surface area contributed by atoms with Crippen molar-refractivity contribution in [3.63, 3.8) is 0 Å². The third kappa shape index (κ3) is 4.66. The lowest BCUT2D eigenvalue weighted by Gasteiger charge is -2.21. The van der Waals surface area contributed by atoms with Gasteiger partial charge in [0.1, 0.15) is 5.75 Å². The predicted octanol–water partition coefficient (Wildman–Crippen LogP) is 2.85. The molecule has 2 aliphatic rings. The first-order valence-corrected chi connectivity index (χ1v) is 9.62. The number of fused-ring (bicyclic) bond motifs is 1. The van der Waals surface area contributed by atoms with E-state index >= 15 is 0 Å². The van der Waals surface area contributed by atoms with Crippen LogP contribution in [0.2, 0.25) is 0 Å². The lowest BCUT2D eigenvalue weighted by molar-refractivity contribution is 0.187. The van der Waals surface area contributed by atoms with Gasteiger partial charge in [-0.25, -0.2) is 0 Å². The molecule has 5 heteroatoms. The Hall–Kier alpha value is -1.75. The van der Waals surface area contributed by atoms with Gasteiger partial charge in [0.2, 0.25) is 0 Å². The maximum absolute atomic E-state index is 9.83.